The van der Waals surface area contributed by atoms with E-state index in [2.05, 4.69) is 44.0 Å². The zero-order chi connectivity index (χ0) is 27.1. The first-order valence-corrected chi connectivity index (χ1v) is 13.1. The van der Waals surface area contributed by atoms with Gasteiger partial charge in [0.05, 0.1) is 17.6 Å². The molecule has 2 aliphatic heterocycles. The second-order valence-corrected chi connectivity index (χ2v) is 10.9. The fourth-order valence-electron chi connectivity index (χ4n) is 5.10. The maximum absolute atomic E-state index is 13.2. The highest BCUT2D eigenvalue weighted by Gasteiger charge is 2.37. The van der Waals surface area contributed by atoms with Crippen molar-refractivity contribution in [3.8, 4) is 5.75 Å². The highest BCUT2D eigenvalue weighted by atomic mass is 32.2. The van der Waals surface area contributed by atoms with Crippen LogP contribution in [0.25, 0.3) is 11.6 Å². The molecule has 0 aliphatic carbocycles. The summed E-state index contributed by atoms with van der Waals surface area (Å²) in [4.78, 5) is 42.1. The van der Waals surface area contributed by atoms with Crippen LogP contribution in [0.15, 0.2) is 41.3 Å². The molecule has 3 amide bonds. The number of amides is 3. The van der Waals surface area contributed by atoms with Crippen LogP contribution in [0.2, 0.25) is 0 Å². The summed E-state index contributed by atoms with van der Waals surface area (Å²) < 4.78 is 5.69. The topological polar surface area (TPSA) is 79.0 Å². The zero-order valence-corrected chi connectivity index (χ0v) is 23.2. The smallest absolute Gasteiger partial charge is 0.294 e. The molecule has 1 N–H and O–H groups in total. The minimum atomic E-state index is -0.491. The summed E-state index contributed by atoms with van der Waals surface area (Å²) in [6, 6.07) is 9.70. The van der Waals surface area contributed by atoms with Crippen LogP contribution in [-0.2, 0) is 9.59 Å². The third kappa shape index (κ3) is 5.03. The number of anilines is 2. The van der Waals surface area contributed by atoms with Crippen molar-refractivity contribution in [1.29, 1.82) is 0 Å². The van der Waals surface area contributed by atoms with Gasteiger partial charge in [-0.3, -0.25) is 19.3 Å². The Bertz CT molecular complexity index is 1340. The van der Waals surface area contributed by atoms with Gasteiger partial charge in [0, 0.05) is 35.1 Å². The molecule has 2 heterocycles. The zero-order valence-electron chi connectivity index (χ0n) is 22.4. The van der Waals surface area contributed by atoms with E-state index in [1.165, 1.54) is 0 Å². The third-order valence-electron chi connectivity index (χ3n) is 6.85. The SMILES string of the molecule is CCN1c2cc(OC)c(/C=C3/SC(=O)N(CC(=O)Nc4c(C)cccc4C)C3=O)cc2C(C)=CC1(C)C. The molecule has 0 unspecified atom stereocenters. The Morgan fingerprint density at radius 1 is 1.14 bits per heavy atom. The van der Waals surface area contributed by atoms with Gasteiger partial charge in [0.1, 0.15) is 12.3 Å². The number of nitrogens with one attached hydrogen (secondary N) is 1. The van der Waals surface area contributed by atoms with Crippen molar-refractivity contribution in [2.24, 2.45) is 0 Å². The number of carbonyl (C=O) groups excluding carboxylic acids is 3. The molecule has 7 nitrogen and oxygen atoms in total. The van der Waals surface area contributed by atoms with Crippen molar-refractivity contribution in [3.05, 3.63) is 63.6 Å². The van der Waals surface area contributed by atoms with Crippen molar-refractivity contribution < 1.29 is 19.1 Å². The van der Waals surface area contributed by atoms with Crippen LogP contribution in [0.4, 0.5) is 16.2 Å². The Labute approximate surface area is 222 Å². The maximum atomic E-state index is 13.2. The summed E-state index contributed by atoms with van der Waals surface area (Å²) in [6.45, 7) is 12.8. The number of hydrogen-bond acceptors (Lipinski definition) is 6. The van der Waals surface area contributed by atoms with Gasteiger partial charge in [-0.25, -0.2) is 0 Å². The number of allylic oxidation sites excluding steroid dienone is 1. The maximum Gasteiger partial charge on any atom is 0.294 e. The highest BCUT2D eigenvalue weighted by Crippen LogP contribution is 2.43. The molecule has 1 fully saturated rings. The minimum absolute atomic E-state index is 0.140. The molecule has 0 saturated carbocycles. The monoisotopic (exact) mass is 519 g/mol. The number of rotatable bonds is 6. The van der Waals surface area contributed by atoms with Crippen LogP contribution < -0.4 is 15.0 Å². The van der Waals surface area contributed by atoms with Gasteiger partial charge in [-0.2, -0.15) is 0 Å². The number of para-hydroxylation sites is 1. The largest absolute Gasteiger partial charge is 0.496 e. The van der Waals surface area contributed by atoms with Gasteiger partial charge < -0.3 is 15.0 Å². The predicted molar refractivity (Wildman–Crippen MR) is 151 cm³/mol. The molecule has 0 radical (unpaired) electrons. The number of nitrogens with zero attached hydrogens (tertiary/aromatic N) is 2. The molecular formula is C29H33N3O4S. The van der Waals surface area contributed by atoms with Gasteiger partial charge in [0.15, 0.2) is 0 Å². The van der Waals surface area contributed by atoms with E-state index < -0.39 is 17.1 Å². The van der Waals surface area contributed by atoms with Crippen molar-refractivity contribution in [2.75, 3.05) is 30.4 Å². The lowest BCUT2D eigenvalue weighted by Crippen LogP contribution is -2.44. The van der Waals surface area contributed by atoms with Crippen molar-refractivity contribution >= 4 is 51.8 Å². The van der Waals surface area contributed by atoms with Crippen molar-refractivity contribution in [1.82, 2.24) is 4.90 Å². The second-order valence-electron chi connectivity index (χ2n) is 9.92. The normalized spacial score (nSPS) is 17.7. The second kappa shape index (κ2) is 10.1. The third-order valence-corrected chi connectivity index (χ3v) is 7.76. The van der Waals surface area contributed by atoms with E-state index >= 15 is 0 Å². The first kappa shape index (κ1) is 26.5. The van der Waals surface area contributed by atoms with E-state index in [0.717, 1.165) is 51.2 Å². The van der Waals surface area contributed by atoms with Crippen molar-refractivity contribution in [2.45, 2.75) is 47.1 Å². The Hall–Kier alpha value is -3.52. The number of methoxy groups -OCH3 is 1. The van der Waals surface area contributed by atoms with Crippen LogP contribution >= 0.6 is 11.8 Å². The van der Waals surface area contributed by atoms with Gasteiger partial charge >= 0.3 is 0 Å². The number of ether oxygens (including phenoxy) is 1. The van der Waals surface area contributed by atoms with E-state index in [0.29, 0.717) is 17.0 Å². The van der Waals surface area contributed by atoms with E-state index in [1.54, 1.807) is 13.2 Å². The number of likely N-dealkylation sites (N-methyl/N-ethyl adjacent to an activating group) is 1. The number of aryl methyl sites for hydroxylation is 2. The lowest BCUT2D eigenvalue weighted by molar-refractivity contribution is -0.127. The molecule has 0 atom stereocenters. The van der Waals surface area contributed by atoms with Gasteiger partial charge in [0.25, 0.3) is 11.1 Å². The number of thioether (sulfide) groups is 1. The van der Waals surface area contributed by atoms with Crippen molar-refractivity contribution in [3.63, 3.8) is 0 Å². The van der Waals surface area contributed by atoms with E-state index in [-0.39, 0.29) is 17.0 Å². The van der Waals surface area contributed by atoms with E-state index in [4.69, 9.17) is 4.74 Å². The van der Waals surface area contributed by atoms with Gasteiger partial charge in [-0.1, -0.05) is 24.3 Å². The molecule has 0 spiro atoms. The molecule has 2 aromatic carbocycles. The van der Waals surface area contributed by atoms with Gasteiger partial charge in [-0.15, -0.1) is 0 Å². The Kier molecular flexibility index (Phi) is 7.24. The molecule has 1 saturated heterocycles. The summed E-state index contributed by atoms with van der Waals surface area (Å²) in [6.07, 6.45) is 3.91. The van der Waals surface area contributed by atoms with Crippen LogP contribution in [0, 0.1) is 13.8 Å². The molecule has 2 aromatic rings. The number of hydrogen-bond donors (Lipinski definition) is 1. The molecule has 194 valence electrons. The standard InChI is InChI=1S/C29H33N3O4S/c1-8-32-22-14-23(36-7)20(12-21(22)19(4)15-29(32,5)6)13-24-27(34)31(28(35)37-24)16-25(33)30-26-17(2)10-9-11-18(26)3/h9-15H,8,16H2,1-7H3,(H,30,33)/b24-13+. The average Bonchev–Trinajstić information content (AvgIpc) is 3.08. The van der Waals surface area contributed by atoms with Crippen LogP contribution in [0.3, 0.4) is 0 Å². The Morgan fingerprint density at radius 3 is 2.43 bits per heavy atom. The number of carbonyl (C=O) groups is 3. The van der Waals surface area contributed by atoms with Gasteiger partial charge in [-0.05, 0) is 82.1 Å². The summed E-state index contributed by atoms with van der Waals surface area (Å²) in [7, 11) is 1.59. The Morgan fingerprint density at radius 2 is 1.81 bits per heavy atom. The van der Waals surface area contributed by atoms with Crippen LogP contribution in [0.5, 0.6) is 5.75 Å². The summed E-state index contributed by atoms with van der Waals surface area (Å²) >= 11 is 0.831. The fraction of sp³-hybridized carbons (Fsp3) is 0.345. The summed E-state index contributed by atoms with van der Waals surface area (Å²) in [5.41, 5.74) is 6.35. The quantitative estimate of drug-likeness (QED) is 0.471. The minimum Gasteiger partial charge on any atom is -0.496 e. The lowest BCUT2D eigenvalue weighted by Gasteiger charge is -2.43. The lowest BCUT2D eigenvalue weighted by atomic mass is 9.87. The molecule has 2 aliphatic rings. The molecule has 4 rings (SSSR count). The van der Waals surface area contributed by atoms with Crippen LogP contribution in [0.1, 0.15) is 49.9 Å². The fourth-order valence-corrected chi connectivity index (χ4v) is 5.93. The summed E-state index contributed by atoms with van der Waals surface area (Å²) in [5.74, 6) is -0.298. The van der Waals surface area contributed by atoms with Crippen LogP contribution in [-0.4, -0.2) is 47.7 Å². The molecular weight excluding hydrogens is 486 g/mol. The molecule has 37 heavy (non-hydrogen) atoms. The number of imide groups is 1. The average molecular weight is 520 g/mol. The van der Waals surface area contributed by atoms with E-state index in [9.17, 15) is 14.4 Å². The number of fused-ring (bicyclic) bond motifs is 1. The molecule has 0 aromatic heterocycles. The Balaban J connectivity index is 1.61. The first-order chi connectivity index (χ1) is 17.5. The van der Waals surface area contributed by atoms with E-state index in [1.807, 2.05) is 44.2 Å². The summed E-state index contributed by atoms with van der Waals surface area (Å²) in [5, 5.41) is 2.37. The molecule has 0 bridgehead atoms. The van der Waals surface area contributed by atoms with Gasteiger partial charge in [0.2, 0.25) is 5.91 Å². The number of benzene rings is 2. The first-order valence-electron chi connectivity index (χ1n) is 12.3. The molecule has 8 heteroatoms. The highest BCUT2D eigenvalue weighted by molar-refractivity contribution is 8.18. The predicted octanol–water partition coefficient (Wildman–Crippen LogP) is 6.01.